The molecule has 0 fully saturated rings. The molecule has 2 aromatic rings. The fourth-order valence-electron chi connectivity index (χ4n) is 3.68. The van der Waals surface area contributed by atoms with Crippen LogP contribution in [-0.4, -0.2) is 25.8 Å². The highest BCUT2D eigenvalue weighted by Gasteiger charge is 2.27. The standard InChI is InChI=1S/C24H30I2N2O3/c1-23(2,3)15-24(4,5)17-7-9-19(10-8-17)31-14-21(29)28-27-13-16-11-18(25)12-20(26)22(16)30-6/h7-13H,14-15H2,1-6H3,(H,28,29). The van der Waals surface area contributed by atoms with Gasteiger partial charge in [0.05, 0.1) is 16.9 Å². The first-order chi connectivity index (χ1) is 14.4. The number of ether oxygens (including phenoxy) is 2. The van der Waals surface area contributed by atoms with Gasteiger partial charge >= 0.3 is 0 Å². The number of benzene rings is 2. The molecule has 31 heavy (non-hydrogen) atoms. The minimum absolute atomic E-state index is 0.0665. The van der Waals surface area contributed by atoms with E-state index in [1.807, 2.05) is 24.3 Å². The van der Waals surface area contributed by atoms with E-state index in [1.54, 1.807) is 13.3 Å². The summed E-state index contributed by atoms with van der Waals surface area (Å²) < 4.78 is 13.1. The maximum atomic E-state index is 12.1. The molecule has 0 bridgehead atoms. The zero-order valence-corrected chi connectivity index (χ0v) is 23.2. The molecule has 0 aliphatic carbocycles. The zero-order valence-electron chi connectivity index (χ0n) is 18.9. The van der Waals surface area contributed by atoms with Crippen molar-refractivity contribution in [1.82, 2.24) is 5.43 Å². The van der Waals surface area contributed by atoms with Gasteiger partial charge in [0.15, 0.2) is 6.61 Å². The van der Waals surface area contributed by atoms with E-state index >= 15 is 0 Å². The van der Waals surface area contributed by atoms with E-state index in [2.05, 4.69) is 102 Å². The van der Waals surface area contributed by atoms with Crippen molar-refractivity contribution < 1.29 is 14.3 Å². The summed E-state index contributed by atoms with van der Waals surface area (Å²) >= 11 is 4.44. The van der Waals surface area contributed by atoms with Crippen LogP contribution in [0.15, 0.2) is 41.5 Å². The molecule has 0 heterocycles. The van der Waals surface area contributed by atoms with Crippen molar-refractivity contribution in [2.45, 2.75) is 46.5 Å². The predicted octanol–water partition coefficient (Wildman–Crippen LogP) is 6.15. The van der Waals surface area contributed by atoms with Crippen LogP contribution in [0.1, 0.15) is 52.2 Å². The summed E-state index contributed by atoms with van der Waals surface area (Å²) in [4.78, 5) is 12.1. The van der Waals surface area contributed by atoms with Crippen LogP contribution in [0, 0.1) is 12.6 Å². The SMILES string of the molecule is COc1c(I)cc(I)cc1C=NNC(=O)COc1ccc(C(C)(C)CC(C)(C)C)cc1. The fourth-order valence-corrected chi connectivity index (χ4v) is 5.79. The lowest BCUT2D eigenvalue weighted by Crippen LogP contribution is -2.25. The summed E-state index contributed by atoms with van der Waals surface area (Å²) in [5.74, 6) is 1.06. The lowest BCUT2D eigenvalue weighted by molar-refractivity contribution is -0.123. The summed E-state index contributed by atoms with van der Waals surface area (Å²) in [7, 11) is 1.61. The Labute approximate surface area is 212 Å². The van der Waals surface area contributed by atoms with Gasteiger partial charge in [0.1, 0.15) is 11.5 Å². The molecule has 0 saturated heterocycles. The largest absolute Gasteiger partial charge is 0.495 e. The lowest BCUT2D eigenvalue weighted by Gasteiger charge is -2.33. The number of methoxy groups -OCH3 is 1. The number of hydrogen-bond donors (Lipinski definition) is 1. The number of rotatable bonds is 8. The van der Waals surface area contributed by atoms with Gasteiger partial charge in [-0.3, -0.25) is 4.79 Å². The molecule has 0 spiro atoms. The molecule has 0 aromatic heterocycles. The van der Waals surface area contributed by atoms with Crippen LogP contribution in [-0.2, 0) is 10.2 Å². The van der Waals surface area contributed by atoms with E-state index in [4.69, 9.17) is 9.47 Å². The molecule has 0 saturated carbocycles. The molecule has 168 valence electrons. The molecule has 0 aliphatic heterocycles. The van der Waals surface area contributed by atoms with Gasteiger partial charge in [0.2, 0.25) is 0 Å². The number of carbonyl (C=O) groups is 1. The second-order valence-corrected chi connectivity index (χ2v) is 11.6. The number of hydrogen-bond acceptors (Lipinski definition) is 4. The van der Waals surface area contributed by atoms with Gasteiger partial charge in [0.25, 0.3) is 5.91 Å². The minimum atomic E-state index is -0.326. The Kier molecular flexibility index (Phi) is 9.17. The number of amides is 1. The summed E-state index contributed by atoms with van der Waals surface area (Å²) in [5.41, 5.74) is 4.87. The highest BCUT2D eigenvalue weighted by molar-refractivity contribution is 14.1. The first-order valence-electron chi connectivity index (χ1n) is 9.99. The van der Waals surface area contributed by atoms with Crippen molar-refractivity contribution in [2.75, 3.05) is 13.7 Å². The van der Waals surface area contributed by atoms with E-state index in [1.165, 1.54) is 5.56 Å². The van der Waals surface area contributed by atoms with Gasteiger partial charge in [-0.05, 0) is 92.3 Å². The summed E-state index contributed by atoms with van der Waals surface area (Å²) in [6.07, 6.45) is 2.65. The molecule has 7 heteroatoms. The van der Waals surface area contributed by atoms with E-state index in [0.29, 0.717) is 5.75 Å². The van der Waals surface area contributed by atoms with E-state index in [0.717, 1.165) is 24.9 Å². The number of nitrogens with zero attached hydrogens (tertiary/aromatic N) is 1. The Hall–Kier alpha value is -1.36. The molecule has 0 radical (unpaired) electrons. The van der Waals surface area contributed by atoms with Gasteiger partial charge in [-0.25, -0.2) is 5.43 Å². The molecule has 0 unspecified atom stereocenters. The van der Waals surface area contributed by atoms with Gasteiger partial charge < -0.3 is 9.47 Å². The van der Waals surface area contributed by atoms with Crippen LogP contribution in [0.25, 0.3) is 0 Å². The average Bonchev–Trinajstić information content (AvgIpc) is 2.64. The Morgan fingerprint density at radius 3 is 2.32 bits per heavy atom. The second kappa shape index (κ2) is 11.0. The van der Waals surface area contributed by atoms with Crippen molar-refractivity contribution >= 4 is 57.3 Å². The number of nitrogens with one attached hydrogen (secondary N) is 1. The van der Waals surface area contributed by atoms with Crippen LogP contribution >= 0.6 is 45.2 Å². The molecular weight excluding hydrogens is 618 g/mol. The smallest absolute Gasteiger partial charge is 0.277 e. The van der Waals surface area contributed by atoms with Crippen LogP contribution in [0.4, 0.5) is 0 Å². The van der Waals surface area contributed by atoms with Gasteiger partial charge in [-0.1, -0.05) is 46.8 Å². The van der Waals surface area contributed by atoms with Crippen molar-refractivity contribution in [1.29, 1.82) is 0 Å². The van der Waals surface area contributed by atoms with Crippen molar-refractivity contribution in [3.05, 3.63) is 54.7 Å². The highest BCUT2D eigenvalue weighted by atomic mass is 127. The monoisotopic (exact) mass is 648 g/mol. The normalized spacial score (nSPS) is 12.1. The van der Waals surface area contributed by atoms with Crippen molar-refractivity contribution in [3.63, 3.8) is 0 Å². The zero-order chi connectivity index (χ0) is 23.2. The number of halogens is 2. The number of hydrazone groups is 1. The third kappa shape index (κ3) is 8.25. The second-order valence-electron chi connectivity index (χ2n) is 9.24. The first kappa shape index (κ1) is 25.9. The molecule has 1 amide bonds. The maximum absolute atomic E-state index is 12.1. The Morgan fingerprint density at radius 1 is 1.10 bits per heavy atom. The molecule has 0 aliphatic rings. The third-order valence-corrected chi connectivity index (χ3v) is 6.04. The van der Waals surface area contributed by atoms with Gasteiger partial charge in [0, 0.05) is 9.13 Å². The average molecular weight is 648 g/mol. The molecule has 2 aromatic carbocycles. The molecular formula is C24H30I2N2O3. The van der Waals surface area contributed by atoms with Crippen molar-refractivity contribution in [3.8, 4) is 11.5 Å². The summed E-state index contributed by atoms with van der Waals surface area (Å²) in [6, 6.07) is 11.9. The fraction of sp³-hybridized carbons (Fsp3) is 0.417. The Bertz CT molecular complexity index is 933. The molecule has 1 N–H and O–H groups in total. The summed E-state index contributed by atoms with van der Waals surface area (Å²) in [6.45, 7) is 11.2. The van der Waals surface area contributed by atoms with Crippen molar-refractivity contribution in [2.24, 2.45) is 10.5 Å². The predicted molar refractivity (Wildman–Crippen MR) is 143 cm³/mol. The van der Waals surface area contributed by atoms with E-state index < -0.39 is 0 Å². The van der Waals surface area contributed by atoms with E-state index in [9.17, 15) is 4.79 Å². The maximum Gasteiger partial charge on any atom is 0.277 e. The van der Waals surface area contributed by atoms with Crippen LogP contribution in [0.2, 0.25) is 0 Å². The quantitative estimate of drug-likeness (QED) is 0.213. The number of carbonyl (C=O) groups excluding carboxylic acids is 1. The molecule has 0 atom stereocenters. The first-order valence-corrected chi connectivity index (χ1v) is 12.2. The molecule has 2 rings (SSSR count). The van der Waals surface area contributed by atoms with Crippen LogP contribution in [0.3, 0.4) is 0 Å². The van der Waals surface area contributed by atoms with Gasteiger partial charge in [-0.2, -0.15) is 5.10 Å². The summed E-state index contributed by atoms with van der Waals surface area (Å²) in [5, 5.41) is 4.03. The minimum Gasteiger partial charge on any atom is -0.495 e. The van der Waals surface area contributed by atoms with Crippen LogP contribution < -0.4 is 14.9 Å². The topological polar surface area (TPSA) is 59.9 Å². The third-order valence-electron chi connectivity index (χ3n) is 4.61. The van der Waals surface area contributed by atoms with Crippen LogP contribution in [0.5, 0.6) is 11.5 Å². The van der Waals surface area contributed by atoms with Gasteiger partial charge in [-0.15, -0.1) is 0 Å². The van der Waals surface area contributed by atoms with E-state index in [-0.39, 0.29) is 23.3 Å². The Balaban J connectivity index is 1.91. The lowest BCUT2D eigenvalue weighted by atomic mass is 9.72. The Morgan fingerprint density at radius 2 is 1.74 bits per heavy atom. The molecule has 5 nitrogen and oxygen atoms in total. The highest BCUT2D eigenvalue weighted by Crippen LogP contribution is 2.36.